The minimum atomic E-state index is 0.694. The van der Waals surface area contributed by atoms with E-state index in [2.05, 4.69) is 31.2 Å². The maximum atomic E-state index is 5.65. The van der Waals surface area contributed by atoms with Crippen LogP contribution in [0.25, 0.3) is 11.1 Å². The van der Waals surface area contributed by atoms with Gasteiger partial charge in [-0.2, -0.15) is 0 Å². The largest absolute Gasteiger partial charge is 0.494 e. The predicted octanol–water partition coefficient (Wildman–Crippen LogP) is 4.54. The Bertz CT molecular complexity index is 503. The molecule has 0 radical (unpaired) electrons. The van der Waals surface area contributed by atoms with Crippen molar-refractivity contribution in [2.75, 3.05) is 13.2 Å². The Kier molecular flexibility index (Phi) is 4.85. The lowest BCUT2D eigenvalue weighted by Gasteiger charge is -2.08. The fourth-order valence-electron chi connectivity index (χ4n) is 1.90. The molecule has 19 heavy (non-hydrogen) atoms. The minimum Gasteiger partial charge on any atom is -0.494 e. The Morgan fingerprint density at radius 3 is 2.26 bits per heavy atom. The Morgan fingerprint density at radius 1 is 0.789 bits per heavy atom. The van der Waals surface area contributed by atoms with E-state index in [1.54, 1.807) is 0 Å². The van der Waals surface area contributed by atoms with Gasteiger partial charge in [-0.25, -0.2) is 0 Å². The number of ether oxygens (including phenoxy) is 2. The summed E-state index contributed by atoms with van der Waals surface area (Å²) in [6.45, 7) is 5.55. The molecule has 0 aliphatic heterocycles. The summed E-state index contributed by atoms with van der Waals surface area (Å²) in [6, 6.07) is 16.3. The van der Waals surface area contributed by atoms with Gasteiger partial charge >= 0.3 is 0 Å². The summed E-state index contributed by atoms with van der Waals surface area (Å²) >= 11 is 0. The maximum Gasteiger partial charge on any atom is 0.119 e. The van der Waals surface area contributed by atoms with Gasteiger partial charge in [-0.15, -0.1) is 0 Å². The molecule has 0 aromatic heterocycles. The van der Waals surface area contributed by atoms with Gasteiger partial charge < -0.3 is 9.47 Å². The zero-order valence-corrected chi connectivity index (χ0v) is 11.6. The van der Waals surface area contributed by atoms with Gasteiger partial charge in [0.2, 0.25) is 0 Å². The van der Waals surface area contributed by atoms with Crippen molar-refractivity contribution in [2.45, 2.75) is 20.3 Å². The van der Waals surface area contributed by atoms with E-state index in [0.717, 1.165) is 30.1 Å². The van der Waals surface area contributed by atoms with E-state index in [9.17, 15) is 0 Å². The lowest BCUT2D eigenvalue weighted by Crippen LogP contribution is -1.94. The molecule has 2 aromatic rings. The third kappa shape index (κ3) is 3.75. The molecular weight excluding hydrogens is 236 g/mol. The lowest BCUT2D eigenvalue weighted by atomic mass is 10.1. The standard InChI is InChI=1S/C17H20O2/c1-3-12-19-17-7-5-6-15(13-17)14-8-10-16(11-9-14)18-4-2/h5-11,13H,3-4,12H2,1-2H3. The first kappa shape index (κ1) is 13.5. The first-order valence-electron chi connectivity index (χ1n) is 6.79. The van der Waals surface area contributed by atoms with Gasteiger partial charge in [-0.1, -0.05) is 31.2 Å². The molecule has 2 nitrogen and oxygen atoms in total. The first-order chi connectivity index (χ1) is 9.33. The molecule has 2 aromatic carbocycles. The van der Waals surface area contributed by atoms with E-state index in [4.69, 9.17) is 9.47 Å². The summed E-state index contributed by atoms with van der Waals surface area (Å²) in [4.78, 5) is 0. The molecule has 100 valence electrons. The Morgan fingerprint density at radius 2 is 1.58 bits per heavy atom. The Hall–Kier alpha value is -1.96. The van der Waals surface area contributed by atoms with Crippen LogP contribution in [0, 0.1) is 0 Å². The minimum absolute atomic E-state index is 0.694. The van der Waals surface area contributed by atoms with E-state index in [0.29, 0.717) is 6.61 Å². The van der Waals surface area contributed by atoms with Gasteiger partial charge in [0.1, 0.15) is 11.5 Å². The van der Waals surface area contributed by atoms with Crippen molar-refractivity contribution in [1.82, 2.24) is 0 Å². The first-order valence-corrected chi connectivity index (χ1v) is 6.79. The molecule has 0 spiro atoms. The van der Waals surface area contributed by atoms with Crippen LogP contribution in [0.1, 0.15) is 20.3 Å². The highest BCUT2D eigenvalue weighted by atomic mass is 16.5. The molecule has 0 saturated carbocycles. The van der Waals surface area contributed by atoms with E-state index in [1.165, 1.54) is 5.56 Å². The van der Waals surface area contributed by atoms with Crippen molar-refractivity contribution in [3.63, 3.8) is 0 Å². The lowest BCUT2D eigenvalue weighted by molar-refractivity contribution is 0.317. The van der Waals surface area contributed by atoms with Crippen LogP contribution in [0.4, 0.5) is 0 Å². The molecule has 2 rings (SSSR count). The monoisotopic (exact) mass is 256 g/mol. The average Bonchev–Trinajstić information content (AvgIpc) is 2.46. The molecule has 0 atom stereocenters. The van der Waals surface area contributed by atoms with Crippen LogP contribution in [0.2, 0.25) is 0 Å². The van der Waals surface area contributed by atoms with Crippen LogP contribution in [0.5, 0.6) is 11.5 Å². The van der Waals surface area contributed by atoms with Crippen molar-refractivity contribution >= 4 is 0 Å². The Balaban J connectivity index is 2.16. The molecule has 0 N–H and O–H groups in total. The van der Waals surface area contributed by atoms with Crippen molar-refractivity contribution in [3.05, 3.63) is 48.5 Å². The second-order valence-corrected chi connectivity index (χ2v) is 4.33. The van der Waals surface area contributed by atoms with Crippen molar-refractivity contribution in [1.29, 1.82) is 0 Å². The molecule has 0 aliphatic carbocycles. The van der Waals surface area contributed by atoms with E-state index in [-0.39, 0.29) is 0 Å². The van der Waals surface area contributed by atoms with Crippen LogP contribution >= 0.6 is 0 Å². The quantitative estimate of drug-likeness (QED) is 0.755. The van der Waals surface area contributed by atoms with Gasteiger partial charge in [-0.05, 0) is 48.7 Å². The van der Waals surface area contributed by atoms with Gasteiger partial charge in [0.05, 0.1) is 13.2 Å². The zero-order chi connectivity index (χ0) is 13.5. The molecule has 0 unspecified atom stereocenters. The summed E-state index contributed by atoms with van der Waals surface area (Å²) in [5.41, 5.74) is 2.34. The fourth-order valence-corrected chi connectivity index (χ4v) is 1.90. The molecule has 0 aliphatic rings. The smallest absolute Gasteiger partial charge is 0.119 e. The fraction of sp³-hybridized carbons (Fsp3) is 0.294. The molecular formula is C17H20O2. The zero-order valence-electron chi connectivity index (χ0n) is 11.6. The highest BCUT2D eigenvalue weighted by molar-refractivity contribution is 5.65. The van der Waals surface area contributed by atoms with E-state index in [1.807, 2.05) is 31.2 Å². The van der Waals surface area contributed by atoms with Crippen molar-refractivity contribution in [3.8, 4) is 22.6 Å². The second-order valence-electron chi connectivity index (χ2n) is 4.33. The summed E-state index contributed by atoms with van der Waals surface area (Å²) in [5.74, 6) is 1.83. The SMILES string of the molecule is CCCOc1cccc(-c2ccc(OCC)cc2)c1. The highest BCUT2D eigenvalue weighted by Gasteiger charge is 2.00. The van der Waals surface area contributed by atoms with Crippen LogP contribution in [0.3, 0.4) is 0 Å². The normalized spacial score (nSPS) is 10.2. The third-order valence-corrected chi connectivity index (χ3v) is 2.81. The molecule has 0 saturated heterocycles. The Labute approximate surface area is 115 Å². The maximum absolute atomic E-state index is 5.65. The van der Waals surface area contributed by atoms with Gasteiger partial charge in [-0.3, -0.25) is 0 Å². The number of hydrogen-bond donors (Lipinski definition) is 0. The second kappa shape index (κ2) is 6.83. The summed E-state index contributed by atoms with van der Waals surface area (Å²) in [7, 11) is 0. The average molecular weight is 256 g/mol. The number of benzene rings is 2. The van der Waals surface area contributed by atoms with Gasteiger partial charge in [0.25, 0.3) is 0 Å². The predicted molar refractivity (Wildman–Crippen MR) is 78.8 cm³/mol. The summed E-state index contributed by atoms with van der Waals surface area (Å²) < 4.78 is 11.1. The van der Waals surface area contributed by atoms with Crippen LogP contribution < -0.4 is 9.47 Å². The van der Waals surface area contributed by atoms with Gasteiger partial charge in [0.15, 0.2) is 0 Å². The number of hydrogen-bond acceptors (Lipinski definition) is 2. The van der Waals surface area contributed by atoms with Crippen LogP contribution in [-0.4, -0.2) is 13.2 Å². The summed E-state index contributed by atoms with van der Waals surface area (Å²) in [6.07, 6.45) is 1.02. The van der Waals surface area contributed by atoms with Crippen molar-refractivity contribution < 1.29 is 9.47 Å². The molecule has 0 fully saturated rings. The van der Waals surface area contributed by atoms with Crippen LogP contribution in [-0.2, 0) is 0 Å². The summed E-state index contributed by atoms with van der Waals surface area (Å²) in [5, 5.41) is 0. The van der Waals surface area contributed by atoms with Gasteiger partial charge in [0, 0.05) is 0 Å². The topological polar surface area (TPSA) is 18.5 Å². The molecule has 2 heteroatoms. The molecule has 0 bridgehead atoms. The van der Waals surface area contributed by atoms with Crippen LogP contribution in [0.15, 0.2) is 48.5 Å². The molecule has 0 amide bonds. The van der Waals surface area contributed by atoms with E-state index >= 15 is 0 Å². The van der Waals surface area contributed by atoms with E-state index < -0.39 is 0 Å². The third-order valence-electron chi connectivity index (χ3n) is 2.81. The number of rotatable bonds is 6. The molecule has 0 heterocycles. The van der Waals surface area contributed by atoms with Crippen molar-refractivity contribution in [2.24, 2.45) is 0 Å². The highest BCUT2D eigenvalue weighted by Crippen LogP contribution is 2.25.